The number of rotatable bonds is 7. The zero-order chi connectivity index (χ0) is 25.7. The molecule has 6 aromatic rings. The number of nitrogens with one attached hydrogen (secondary N) is 2. The van der Waals surface area contributed by atoms with Gasteiger partial charge in [0.25, 0.3) is 0 Å². The molecule has 6 heteroatoms. The molecule has 0 aliphatic rings. The predicted octanol–water partition coefficient (Wildman–Crippen LogP) is 7.69. The van der Waals surface area contributed by atoms with Crippen molar-refractivity contribution in [2.24, 2.45) is 0 Å². The van der Waals surface area contributed by atoms with Crippen molar-refractivity contribution in [3.05, 3.63) is 121 Å². The molecule has 1 amide bonds. The average molecular weight is 513 g/mol. The van der Waals surface area contributed by atoms with Crippen LogP contribution >= 0.6 is 11.8 Å². The molecule has 38 heavy (non-hydrogen) atoms. The maximum absolute atomic E-state index is 12.7. The lowest BCUT2D eigenvalue weighted by molar-refractivity contribution is -0.113. The van der Waals surface area contributed by atoms with Crippen molar-refractivity contribution in [1.82, 2.24) is 15.0 Å². The van der Waals surface area contributed by atoms with Crippen LogP contribution in [0.3, 0.4) is 0 Å². The van der Waals surface area contributed by atoms with E-state index in [9.17, 15) is 4.79 Å². The van der Waals surface area contributed by atoms with E-state index in [4.69, 9.17) is 9.97 Å². The van der Waals surface area contributed by atoms with Crippen LogP contribution in [-0.4, -0.2) is 26.6 Å². The van der Waals surface area contributed by atoms with Crippen molar-refractivity contribution in [1.29, 1.82) is 0 Å². The minimum absolute atomic E-state index is 0.0866. The third-order valence-electron chi connectivity index (χ3n) is 6.16. The van der Waals surface area contributed by atoms with Gasteiger partial charge in [0.2, 0.25) is 5.91 Å². The Morgan fingerprint density at radius 2 is 1.37 bits per heavy atom. The number of anilines is 1. The lowest BCUT2D eigenvalue weighted by Crippen LogP contribution is -2.14. The van der Waals surface area contributed by atoms with Gasteiger partial charge in [-0.3, -0.25) is 4.79 Å². The summed E-state index contributed by atoms with van der Waals surface area (Å²) >= 11 is 1.41. The number of nitrogens with zero attached hydrogens (tertiary/aromatic N) is 2. The van der Waals surface area contributed by atoms with E-state index in [1.165, 1.54) is 11.8 Å². The van der Waals surface area contributed by atoms with Crippen molar-refractivity contribution < 1.29 is 4.79 Å². The molecule has 2 N–H and O–H groups in total. The third-order valence-corrected chi connectivity index (χ3v) is 7.15. The van der Waals surface area contributed by atoms with Gasteiger partial charge < -0.3 is 10.3 Å². The molecule has 0 fully saturated rings. The van der Waals surface area contributed by atoms with Crippen molar-refractivity contribution in [3.63, 3.8) is 0 Å². The topological polar surface area (TPSA) is 70.7 Å². The first kappa shape index (κ1) is 23.7. The Hall–Kier alpha value is -4.68. The standard InChI is InChI=1S/C32H24N4OS/c37-28(33-25-17-8-3-9-18-25)21-38-32-26(20-24-16-10-11-19-27(24)34-32)31-35-29(22-12-4-1-5-13-22)30(36-31)23-14-6-2-7-15-23/h1-20H,21H2,(H,33,37)(H,35,36). The van der Waals surface area contributed by atoms with E-state index in [1.807, 2.05) is 91.0 Å². The van der Waals surface area contributed by atoms with Gasteiger partial charge in [0.1, 0.15) is 10.9 Å². The number of thioether (sulfide) groups is 1. The molecule has 0 aliphatic heterocycles. The van der Waals surface area contributed by atoms with Crippen LogP contribution < -0.4 is 5.32 Å². The largest absolute Gasteiger partial charge is 0.337 e. The van der Waals surface area contributed by atoms with Crippen molar-refractivity contribution >= 4 is 34.3 Å². The summed E-state index contributed by atoms with van der Waals surface area (Å²) in [6, 6.07) is 39.9. The van der Waals surface area contributed by atoms with Crippen LogP contribution in [-0.2, 0) is 4.79 Å². The van der Waals surface area contributed by atoms with Gasteiger partial charge in [-0.05, 0) is 24.3 Å². The number of hydrogen-bond donors (Lipinski definition) is 2. The number of aromatic amines is 1. The molecular weight excluding hydrogens is 488 g/mol. The highest BCUT2D eigenvalue weighted by atomic mass is 32.2. The molecule has 4 aromatic carbocycles. The molecular formula is C32H24N4OS. The van der Waals surface area contributed by atoms with E-state index in [2.05, 4.69) is 40.6 Å². The van der Waals surface area contributed by atoms with E-state index < -0.39 is 0 Å². The SMILES string of the molecule is O=C(CSc1nc2ccccc2cc1-c1nc(-c2ccccc2)c(-c2ccccc2)[nH]1)Nc1ccccc1. The summed E-state index contributed by atoms with van der Waals surface area (Å²) in [5.41, 5.74) is 6.40. The minimum Gasteiger partial charge on any atom is -0.337 e. The fourth-order valence-corrected chi connectivity index (χ4v) is 5.16. The molecule has 2 aromatic heterocycles. The molecule has 6 rings (SSSR count). The second-order valence-corrected chi connectivity index (χ2v) is 9.74. The molecule has 0 aliphatic carbocycles. The lowest BCUT2D eigenvalue weighted by Gasteiger charge is -2.09. The van der Waals surface area contributed by atoms with Crippen LogP contribution in [0.1, 0.15) is 0 Å². The number of benzene rings is 4. The molecule has 0 bridgehead atoms. The highest BCUT2D eigenvalue weighted by Crippen LogP contribution is 2.37. The Bertz CT molecular complexity index is 1640. The third kappa shape index (κ3) is 5.08. The monoisotopic (exact) mass is 512 g/mol. The highest BCUT2D eigenvalue weighted by molar-refractivity contribution is 8.00. The number of hydrogen-bond acceptors (Lipinski definition) is 4. The Morgan fingerprint density at radius 3 is 2.11 bits per heavy atom. The van der Waals surface area contributed by atoms with Crippen LogP contribution in [0.2, 0.25) is 0 Å². The maximum Gasteiger partial charge on any atom is 0.234 e. The van der Waals surface area contributed by atoms with Gasteiger partial charge in [-0.1, -0.05) is 109 Å². The average Bonchev–Trinajstić information content (AvgIpc) is 3.42. The zero-order valence-electron chi connectivity index (χ0n) is 20.5. The number of pyridine rings is 1. The van der Waals surface area contributed by atoms with E-state index >= 15 is 0 Å². The molecule has 0 radical (unpaired) electrons. The van der Waals surface area contributed by atoms with Gasteiger partial charge >= 0.3 is 0 Å². The van der Waals surface area contributed by atoms with Crippen LogP contribution in [0.5, 0.6) is 0 Å². The van der Waals surface area contributed by atoms with Crippen LogP contribution in [0.25, 0.3) is 44.8 Å². The van der Waals surface area contributed by atoms with Crippen LogP contribution in [0.15, 0.2) is 126 Å². The summed E-state index contributed by atoms with van der Waals surface area (Å²) in [5, 5.41) is 4.72. The molecule has 0 saturated carbocycles. The molecule has 184 valence electrons. The van der Waals surface area contributed by atoms with E-state index in [1.54, 1.807) is 0 Å². The van der Waals surface area contributed by atoms with E-state index in [-0.39, 0.29) is 11.7 Å². The van der Waals surface area contributed by atoms with Crippen molar-refractivity contribution in [3.8, 4) is 33.9 Å². The van der Waals surface area contributed by atoms with Gasteiger partial charge in [-0.15, -0.1) is 0 Å². The second-order valence-electron chi connectivity index (χ2n) is 8.78. The Balaban J connectivity index is 1.41. The second kappa shape index (κ2) is 10.7. The number of H-pyrrole nitrogens is 1. The number of para-hydroxylation sites is 2. The summed E-state index contributed by atoms with van der Waals surface area (Å²) < 4.78 is 0. The molecule has 2 heterocycles. The molecule has 0 unspecified atom stereocenters. The quantitative estimate of drug-likeness (QED) is 0.215. The molecule has 5 nitrogen and oxygen atoms in total. The highest BCUT2D eigenvalue weighted by Gasteiger charge is 2.19. The van der Waals surface area contributed by atoms with Gasteiger partial charge in [-0.25, -0.2) is 9.97 Å². The van der Waals surface area contributed by atoms with Gasteiger partial charge in [0, 0.05) is 22.2 Å². The lowest BCUT2D eigenvalue weighted by atomic mass is 10.1. The summed E-state index contributed by atoms with van der Waals surface area (Å²) in [6.07, 6.45) is 0. The molecule has 0 atom stereocenters. The van der Waals surface area contributed by atoms with Gasteiger partial charge in [0.05, 0.1) is 28.2 Å². The smallest absolute Gasteiger partial charge is 0.234 e. The van der Waals surface area contributed by atoms with Gasteiger partial charge in [-0.2, -0.15) is 0 Å². The summed E-state index contributed by atoms with van der Waals surface area (Å²) in [5.74, 6) is 0.855. The number of fused-ring (bicyclic) bond motifs is 1. The van der Waals surface area contributed by atoms with E-state index in [0.29, 0.717) is 5.82 Å². The van der Waals surface area contributed by atoms with Crippen LogP contribution in [0.4, 0.5) is 5.69 Å². The number of carbonyl (C=O) groups is 1. The number of aromatic nitrogens is 3. The number of amides is 1. The first-order valence-electron chi connectivity index (χ1n) is 12.3. The van der Waals surface area contributed by atoms with Gasteiger partial charge in [0.15, 0.2) is 0 Å². The minimum atomic E-state index is -0.0866. The summed E-state index contributed by atoms with van der Waals surface area (Å²) in [6.45, 7) is 0. The summed E-state index contributed by atoms with van der Waals surface area (Å²) in [7, 11) is 0. The van der Waals surface area contributed by atoms with E-state index in [0.717, 1.165) is 49.7 Å². The number of carbonyl (C=O) groups excluding carboxylic acids is 1. The Labute approximate surface area is 225 Å². The van der Waals surface area contributed by atoms with Crippen LogP contribution in [0, 0.1) is 0 Å². The normalized spacial score (nSPS) is 10.9. The predicted molar refractivity (Wildman–Crippen MR) is 156 cm³/mol. The number of imidazole rings is 1. The van der Waals surface area contributed by atoms with Crippen molar-refractivity contribution in [2.75, 3.05) is 11.1 Å². The molecule has 0 saturated heterocycles. The molecule has 0 spiro atoms. The first-order valence-corrected chi connectivity index (χ1v) is 13.3. The first-order chi connectivity index (χ1) is 18.7. The summed E-state index contributed by atoms with van der Waals surface area (Å²) in [4.78, 5) is 26.3. The zero-order valence-corrected chi connectivity index (χ0v) is 21.3. The Kier molecular flexibility index (Phi) is 6.70. The fraction of sp³-hybridized carbons (Fsp3) is 0.0312. The van der Waals surface area contributed by atoms with Crippen molar-refractivity contribution in [2.45, 2.75) is 5.03 Å². The maximum atomic E-state index is 12.7. The fourth-order valence-electron chi connectivity index (χ4n) is 4.35. The Morgan fingerprint density at radius 1 is 0.737 bits per heavy atom.